The number of rotatable bonds is 3. The highest BCUT2D eigenvalue weighted by Gasteiger charge is 2.32. The molecule has 0 bridgehead atoms. The monoisotopic (exact) mass is 276 g/mol. The Morgan fingerprint density at radius 3 is 2.00 bits per heavy atom. The zero-order valence-electron chi connectivity index (χ0n) is 12.4. The fraction of sp³-hybridized carbons (Fsp3) is 1.00. The van der Waals surface area contributed by atoms with Crippen molar-refractivity contribution < 1.29 is 8.42 Å². The van der Waals surface area contributed by atoms with Gasteiger partial charge in [-0.2, -0.15) is 0 Å². The van der Waals surface area contributed by atoms with Gasteiger partial charge in [0.15, 0.2) is 9.84 Å². The van der Waals surface area contributed by atoms with E-state index in [2.05, 4.69) is 24.1 Å². The molecule has 1 heterocycles. The van der Waals surface area contributed by atoms with Crippen LogP contribution < -0.4 is 5.32 Å². The number of nitrogens with one attached hydrogen (secondary N) is 1. The summed E-state index contributed by atoms with van der Waals surface area (Å²) in [6.07, 6.45) is 3.48. The third-order valence-electron chi connectivity index (χ3n) is 3.93. The average molecular weight is 276 g/mol. The first-order chi connectivity index (χ1) is 8.12. The van der Waals surface area contributed by atoms with Gasteiger partial charge in [-0.15, -0.1) is 0 Å². The summed E-state index contributed by atoms with van der Waals surface area (Å²) in [6, 6.07) is 1.01. The van der Waals surface area contributed by atoms with Crippen molar-refractivity contribution in [2.75, 3.05) is 25.9 Å². The van der Waals surface area contributed by atoms with Crippen molar-refractivity contribution >= 4 is 9.84 Å². The maximum atomic E-state index is 11.8. The van der Waals surface area contributed by atoms with E-state index in [9.17, 15) is 8.42 Å². The Labute approximate surface area is 112 Å². The Kier molecular flexibility index (Phi) is 5.21. The standard InChI is InChI=1S/C13H28N2O2S/c1-11-6-8-15(9-7-12(2)14-11)10-13(3,4)18(5,16)17/h11-12,14H,6-10H2,1-5H3. The van der Waals surface area contributed by atoms with Crippen molar-refractivity contribution in [3.8, 4) is 0 Å². The van der Waals surface area contributed by atoms with Crippen molar-refractivity contribution in [3.05, 3.63) is 0 Å². The minimum Gasteiger partial charge on any atom is -0.312 e. The van der Waals surface area contributed by atoms with Crippen LogP contribution >= 0.6 is 0 Å². The summed E-state index contributed by atoms with van der Waals surface area (Å²) in [5.74, 6) is 0. The molecule has 0 amide bonds. The smallest absolute Gasteiger partial charge is 0.153 e. The molecular formula is C13H28N2O2S. The minimum atomic E-state index is -3.01. The van der Waals surface area contributed by atoms with Crippen molar-refractivity contribution in [2.45, 2.75) is 57.4 Å². The van der Waals surface area contributed by atoms with E-state index >= 15 is 0 Å². The van der Waals surface area contributed by atoms with Gasteiger partial charge in [0.05, 0.1) is 4.75 Å². The Morgan fingerprint density at radius 2 is 1.61 bits per heavy atom. The van der Waals surface area contributed by atoms with Crippen LogP contribution in [0.1, 0.15) is 40.5 Å². The molecule has 1 rings (SSSR count). The fourth-order valence-corrected chi connectivity index (χ4v) is 2.75. The molecule has 5 heteroatoms. The number of hydrogen-bond acceptors (Lipinski definition) is 4. The summed E-state index contributed by atoms with van der Waals surface area (Å²) in [6.45, 7) is 10.6. The van der Waals surface area contributed by atoms with Crippen LogP contribution in [0.2, 0.25) is 0 Å². The van der Waals surface area contributed by atoms with E-state index < -0.39 is 14.6 Å². The Hall–Kier alpha value is -0.130. The summed E-state index contributed by atoms with van der Waals surface area (Å²) in [4.78, 5) is 2.30. The lowest BCUT2D eigenvalue weighted by Gasteiger charge is -2.35. The van der Waals surface area contributed by atoms with Crippen LogP contribution in [0.5, 0.6) is 0 Å². The van der Waals surface area contributed by atoms with Gasteiger partial charge in [0.1, 0.15) is 0 Å². The van der Waals surface area contributed by atoms with Crippen LogP contribution in [0.3, 0.4) is 0 Å². The van der Waals surface area contributed by atoms with Gasteiger partial charge in [-0.3, -0.25) is 0 Å². The predicted molar refractivity (Wildman–Crippen MR) is 76.7 cm³/mol. The molecule has 1 aliphatic heterocycles. The Balaban J connectivity index is 2.66. The van der Waals surface area contributed by atoms with Crippen LogP contribution in [-0.2, 0) is 9.84 Å². The normalized spacial score (nSPS) is 28.7. The first-order valence-electron chi connectivity index (χ1n) is 6.80. The lowest BCUT2D eigenvalue weighted by molar-refractivity contribution is 0.205. The van der Waals surface area contributed by atoms with E-state index in [-0.39, 0.29) is 0 Å². The van der Waals surface area contributed by atoms with Crippen molar-refractivity contribution in [2.24, 2.45) is 0 Å². The summed E-state index contributed by atoms with van der Waals surface area (Å²) >= 11 is 0. The zero-order valence-corrected chi connectivity index (χ0v) is 13.2. The summed E-state index contributed by atoms with van der Waals surface area (Å²) in [7, 11) is -3.01. The molecule has 0 aromatic carbocycles. The molecule has 2 atom stereocenters. The molecule has 0 radical (unpaired) electrons. The maximum Gasteiger partial charge on any atom is 0.153 e. The Bertz CT molecular complexity index is 353. The lowest BCUT2D eigenvalue weighted by atomic mass is 10.1. The highest BCUT2D eigenvalue weighted by atomic mass is 32.2. The second-order valence-electron chi connectivity index (χ2n) is 6.35. The molecule has 0 aromatic rings. The summed E-state index contributed by atoms with van der Waals surface area (Å²) in [5.41, 5.74) is 0. The highest BCUT2D eigenvalue weighted by Crippen LogP contribution is 2.18. The van der Waals surface area contributed by atoms with E-state index in [0.29, 0.717) is 18.6 Å². The van der Waals surface area contributed by atoms with Gasteiger partial charge in [-0.05, 0) is 53.6 Å². The first-order valence-corrected chi connectivity index (χ1v) is 8.69. The van der Waals surface area contributed by atoms with Gasteiger partial charge in [0.2, 0.25) is 0 Å². The number of sulfone groups is 1. The molecule has 1 saturated heterocycles. The van der Waals surface area contributed by atoms with E-state index in [4.69, 9.17) is 0 Å². The highest BCUT2D eigenvalue weighted by molar-refractivity contribution is 7.92. The van der Waals surface area contributed by atoms with Crippen LogP contribution in [0.25, 0.3) is 0 Å². The van der Waals surface area contributed by atoms with Gasteiger partial charge in [-0.1, -0.05) is 0 Å². The molecule has 1 fully saturated rings. The largest absolute Gasteiger partial charge is 0.312 e. The van der Waals surface area contributed by atoms with Gasteiger partial charge < -0.3 is 10.2 Å². The van der Waals surface area contributed by atoms with Crippen molar-refractivity contribution in [1.29, 1.82) is 0 Å². The molecule has 0 aliphatic carbocycles. The molecule has 0 saturated carbocycles. The first kappa shape index (κ1) is 15.9. The molecular weight excluding hydrogens is 248 g/mol. The molecule has 0 spiro atoms. The van der Waals surface area contributed by atoms with Crippen LogP contribution in [0.15, 0.2) is 0 Å². The SMILES string of the molecule is CC1CCN(CC(C)(C)S(C)(=O)=O)CCC(C)N1. The van der Waals surface area contributed by atoms with Gasteiger partial charge in [0, 0.05) is 24.9 Å². The van der Waals surface area contributed by atoms with Gasteiger partial charge in [-0.25, -0.2) is 8.42 Å². The van der Waals surface area contributed by atoms with E-state index in [0.717, 1.165) is 25.9 Å². The Morgan fingerprint density at radius 1 is 1.17 bits per heavy atom. The van der Waals surface area contributed by atoms with Crippen LogP contribution in [0, 0.1) is 0 Å². The van der Waals surface area contributed by atoms with Crippen molar-refractivity contribution in [1.82, 2.24) is 10.2 Å². The molecule has 18 heavy (non-hydrogen) atoms. The lowest BCUT2D eigenvalue weighted by Crippen LogP contribution is -2.48. The van der Waals surface area contributed by atoms with Gasteiger partial charge in [0.25, 0.3) is 0 Å². The molecule has 108 valence electrons. The zero-order chi connectivity index (χ0) is 14.0. The van der Waals surface area contributed by atoms with E-state index in [1.165, 1.54) is 6.26 Å². The molecule has 1 aliphatic rings. The number of hydrogen-bond donors (Lipinski definition) is 1. The minimum absolute atomic E-state index is 0.504. The second-order valence-corrected chi connectivity index (χ2v) is 9.00. The quantitative estimate of drug-likeness (QED) is 0.843. The third kappa shape index (κ3) is 4.52. The van der Waals surface area contributed by atoms with E-state index in [1.54, 1.807) is 0 Å². The summed E-state index contributed by atoms with van der Waals surface area (Å²) in [5, 5.41) is 3.55. The van der Waals surface area contributed by atoms with Gasteiger partial charge >= 0.3 is 0 Å². The maximum absolute atomic E-state index is 11.8. The van der Waals surface area contributed by atoms with Crippen LogP contribution in [0.4, 0.5) is 0 Å². The fourth-order valence-electron chi connectivity index (χ4n) is 2.33. The predicted octanol–water partition coefficient (Wildman–Crippen LogP) is 1.27. The van der Waals surface area contributed by atoms with Crippen LogP contribution in [-0.4, -0.2) is 56.0 Å². The third-order valence-corrected chi connectivity index (χ3v) is 6.07. The molecule has 4 nitrogen and oxygen atoms in total. The topological polar surface area (TPSA) is 49.4 Å². The van der Waals surface area contributed by atoms with Crippen molar-refractivity contribution in [3.63, 3.8) is 0 Å². The second kappa shape index (κ2) is 5.88. The van der Waals surface area contributed by atoms with E-state index in [1.807, 2.05) is 13.8 Å². The number of nitrogens with zero attached hydrogens (tertiary/aromatic N) is 1. The molecule has 1 N–H and O–H groups in total. The summed E-state index contributed by atoms with van der Waals surface area (Å²) < 4.78 is 22.9. The molecule has 2 unspecified atom stereocenters. The molecule has 0 aromatic heterocycles. The average Bonchev–Trinajstić information content (AvgIpc) is 2.18.